The van der Waals surface area contributed by atoms with E-state index in [2.05, 4.69) is 4.98 Å². The summed E-state index contributed by atoms with van der Waals surface area (Å²) in [6, 6.07) is 9.50. The molecule has 1 unspecified atom stereocenters. The average Bonchev–Trinajstić information content (AvgIpc) is 2.44. The third kappa shape index (κ3) is 3.62. The van der Waals surface area contributed by atoms with Crippen LogP contribution in [-0.2, 0) is 6.54 Å². The molecule has 112 valence electrons. The first-order valence-corrected chi connectivity index (χ1v) is 6.79. The maximum Gasteiger partial charge on any atom is 0.163 e. The molecule has 0 radical (unpaired) electrons. The predicted octanol–water partition coefficient (Wildman–Crippen LogP) is 2.80. The number of nitrogens with zero attached hydrogens (tertiary/aromatic N) is 2. The highest BCUT2D eigenvalue weighted by atomic mass is 19.2. The molecule has 1 aromatic carbocycles. The SMILES string of the molecule is Cc1cccc(CN(C)C(CN)c2cccc(F)c2F)n1. The number of rotatable bonds is 5. The molecule has 1 atom stereocenters. The molecule has 0 aliphatic carbocycles. The average molecular weight is 291 g/mol. The summed E-state index contributed by atoms with van der Waals surface area (Å²) in [5, 5.41) is 0. The second-order valence-electron chi connectivity index (χ2n) is 5.08. The third-order valence-corrected chi connectivity index (χ3v) is 3.45. The molecule has 2 N–H and O–H groups in total. The molecule has 0 fully saturated rings. The molecule has 3 nitrogen and oxygen atoms in total. The highest BCUT2D eigenvalue weighted by Crippen LogP contribution is 2.24. The quantitative estimate of drug-likeness (QED) is 0.921. The van der Waals surface area contributed by atoms with Crippen LogP contribution in [0.5, 0.6) is 0 Å². The second kappa shape index (κ2) is 6.74. The molecule has 1 heterocycles. The molecule has 1 aromatic heterocycles. The monoisotopic (exact) mass is 291 g/mol. The molecule has 0 bridgehead atoms. The first-order valence-electron chi connectivity index (χ1n) is 6.79. The van der Waals surface area contributed by atoms with Gasteiger partial charge in [-0.1, -0.05) is 18.2 Å². The van der Waals surface area contributed by atoms with Crippen LogP contribution in [-0.4, -0.2) is 23.5 Å². The Morgan fingerprint density at radius 3 is 2.57 bits per heavy atom. The minimum atomic E-state index is -0.854. The maximum absolute atomic E-state index is 13.9. The maximum atomic E-state index is 13.9. The van der Waals surface area contributed by atoms with E-state index < -0.39 is 17.7 Å². The van der Waals surface area contributed by atoms with Crippen molar-refractivity contribution >= 4 is 0 Å². The van der Waals surface area contributed by atoms with Crippen LogP contribution >= 0.6 is 0 Å². The van der Waals surface area contributed by atoms with Gasteiger partial charge in [-0.05, 0) is 32.2 Å². The zero-order chi connectivity index (χ0) is 15.4. The molecule has 0 saturated carbocycles. The summed E-state index contributed by atoms with van der Waals surface area (Å²) in [6.45, 7) is 2.62. The molecule has 0 spiro atoms. The second-order valence-corrected chi connectivity index (χ2v) is 5.08. The van der Waals surface area contributed by atoms with Gasteiger partial charge in [0.15, 0.2) is 11.6 Å². The number of hydrogen-bond donors (Lipinski definition) is 1. The van der Waals surface area contributed by atoms with Crippen molar-refractivity contribution in [3.63, 3.8) is 0 Å². The van der Waals surface area contributed by atoms with Gasteiger partial charge in [-0.15, -0.1) is 0 Å². The van der Waals surface area contributed by atoms with E-state index in [1.165, 1.54) is 6.07 Å². The van der Waals surface area contributed by atoms with E-state index in [0.717, 1.165) is 17.5 Å². The summed E-state index contributed by atoms with van der Waals surface area (Å²) in [4.78, 5) is 6.29. The van der Waals surface area contributed by atoms with Crippen LogP contribution in [0.25, 0.3) is 0 Å². The van der Waals surface area contributed by atoms with E-state index in [0.29, 0.717) is 6.54 Å². The van der Waals surface area contributed by atoms with E-state index in [1.54, 1.807) is 6.07 Å². The number of hydrogen-bond acceptors (Lipinski definition) is 3. The minimum Gasteiger partial charge on any atom is -0.329 e. The molecule has 2 rings (SSSR count). The van der Waals surface area contributed by atoms with E-state index in [1.807, 2.05) is 37.1 Å². The van der Waals surface area contributed by atoms with E-state index in [-0.39, 0.29) is 12.1 Å². The van der Waals surface area contributed by atoms with Gasteiger partial charge in [-0.25, -0.2) is 8.78 Å². The third-order valence-electron chi connectivity index (χ3n) is 3.45. The number of pyridine rings is 1. The fourth-order valence-corrected chi connectivity index (χ4v) is 2.38. The first kappa shape index (κ1) is 15.5. The van der Waals surface area contributed by atoms with Gasteiger partial charge in [0.1, 0.15) is 0 Å². The fourth-order valence-electron chi connectivity index (χ4n) is 2.38. The van der Waals surface area contributed by atoms with Gasteiger partial charge in [0.25, 0.3) is 0 Å². The van der Waals surface area contributed by atoms with Crippen LogP contribution in [0.2, 0.25) is 0 Å². The number of likely N-dealkylation sites (N-methyl/N-ethyl adjacent to an activating group) is 1. The molecule has 0 saturated heterocycles. The molecule has 0 aliphatic heterocycles. The number of benzene rings is 1. The summed E-state index contributed by atoms with van der Waals surface area (Å²) in [5.74, 6) is -1.69. The molecule has 0 amide bonds. The Balaban J connectivity index is 2.22. The smallest absolute Gasteiger partial charge is 0.163 e. The van der Waals surface area contributed by atoms with Crippen molar-refractivity contribution in [2.45, 2.75) is 19.5 Å². The summed E-state index contributed by atoms with van der Waals surface area (Å²) >= 11 is 0. The molecule has 0 aliphatic rings. The number of nitrogens with two attached hydrogens (primary N) is 1. The lowest BCUT2D eigenvalue weighted by Gasteiger charge is -2.27. The summed E-state index contributed by atoms with van der Waals surface area (Å²) < 4.78 is 27.3. The highest BCUT2D eigenvalue weighted by Gasteiger charge is 2.21. The van der Waals surface area contributed by atoms with E-state index >= 15 is 0 Å². The van der Waals surface area contributed by atoms with E-state index in [4.69, 9.17) is 5.73 Å². The highest BCUT2D eigenvalue weighted by molar-refractivity contribution is 5.23. The van der Waals surface area contributed by atoms with Crippen molar-refractivity contribution in [2.75, 3.05) is 13.6 Å². The van der Waals surface area contributed by atoms with Crippen molar-refractivity contribution in [3.8, 4) is 0 Å². The fraction of sp³-hybridized carbons (Fsp3) is 0.312. The van der Waals surface area contributed by atoms with Crippen LogP contribution in [0.4, 0.5) is 8.78 Å². The van der Waals surface area contributed by atoms with Gasteiger partial charge in [-0.2, -0.15) is 0 Å². The lowest BCUT2D eigenvalue weighted by Crippen LogP contribution is -2.31. The molecule has 2 aromatic rings. The molecule has 5 heteroatoms. The number of halogens is 2. The standard InChI is InChI=1S/C16H19F2N3/c1-11-5-3-6-12(20-11)10-21(2)15(9-19)13-7-4-8-14(17)16(13)18/h3-8,15H,9-10,19H2,1-2H3. The van der Waals surface area contributed by atoms with Crippen LogP contribution in [0, 0.1) is 18.6 Å². The number of aryl methyl sites for hydroxylation is 1. The van der Waals surface area contributed by atoms with Crippen molar-refractivity contribution in [1.82, 2.24) is 9.88 Å². The van der Waals surface area contributed by atoms with Gasteiger partial charge < -0.3 is 5.73 Å². The lowest BCUT2D eigenvalue weighted by molar-refractivity contribution is 0.232. The Labute approximate surface area is 123 Å². The van der Waals surface area contributed by atoms with Gasteiger partial charge in [0.05, 0.1) is 11.7 Å². The Hall–Kier alpha value is -1.85. The van der Waals surface area contributed by atoms with Gasteiger partial charge in [0.2, 0.25) is 0 Å². The zero-order valence-corrected chi connectivity index (χ0v) is 12.2. The summed E-state index contributed by atoms with van der Waals surface area (Å²) in [7, 11) is 1.83. The van der Waals surface area contributed by atoms with Crippen LogP contribution in [0.15, 0.2) is 36.4 Å². The Kier molecular flexibility index (Phi) is 4.98. The van der Waals surface area contributed by atoms with Gasteiger partial charge >= 0.3 is 0 Å². The Bertz CT molecular complexity index is 616. The van der Waals surface area contributed by atoms with Crippen molar-refractivity contribution in [3.05, 3.63) is 65.0 Å². The Morgan fingerprint density at radius 1 is 1.19 bits per heavy atom. The van der Waals surface area contributed by atoms with Crippen LogP contribution < -0.4 is 5.73 Å². The molecule has 21 heavy (non-hydrogen) atoms. The van der Waals surface area contributed by atoms with Crippen LogP contribution in [0.1, 0.15) is 23.0 Å². The lowest BCUT2D eigenvalue weighted by atomic mass is 10.0. The normalized spacial score (nSPS) is 12.7. The van der Waals surface area contributed by atoms with Crippen molar-refractivity contribution in [2.24, 2.45) is 5.73 Å². The van der Waals surface area contributed by atoms with Crippen molar-refractivity contribution in [1.29, 1.82) is 0 Å². The van der Waals surface area contributed by atoms with E-state index in [9.17, 15) is 8.78 Å². The minimum absolute atomic E-state index is 0.197. The summed E-state index contributed by atoms with van der Waals surface area (Å²) in [6.07, 6.45) is 0. The largest absolute Gasteiger partial charge is 0.329 e. The predicted molar refractivity (Wildman–Crippen MR) is 78.6 cm³/mol. The van der Waals surface area contributed by atoms with Gasteiger partial charge in [-0.3, -0.25) is 9.88 Å². The first-order chi connectivity index (χ1) is 10.0. The summed E-state index contributed by atoms with van der Waals surface area (Å²) in [5.41, 5.74) is 7.81. The molecular weight excluding hydrogens is 272 g/mol. The zero-order valence-electron chi connectivity index (χ0n) is 12.2. The van der Waals surface area contributed by atoms with Gasteiger partial charge in [0, 0.05) is 24.3 Å². The topological polar surface area (TPSA) is 42.1 Å². The van der Waals surface area contributed by atoms with Crippen LogP contribution in [0.3, 0.4) is 0 Å². The Morgan fingerprint density at radius 2 is 1.90 bits per heavy atom. The molecular formula is C16H19F2N3. The number of aromatic nitrogens is 1. The van der Waals surface area contributed by atoms with Crippen molar-refractivity contribution < 1.29 is 8.78 Å².